The fraction of sp³-hybridized carbons (Fsp3) is 0.133. The summed E-state index contributed by atoms with van der Waals surface area (Å²) in [5.41, 5.74) is 4.58. The average Bonchev–Trinajstić information content (AvgIpc) is 0.981. The second-order valence-corrected chi connectivity index (χ2v) is 27.6. The highest BCUT2D eigenvalue weighted by molar-refractivity contribution is 7.00. The molecule has 0 spiro atoms. The van der Waals surface area contributed by atoms with Crippen molar-refractivity contribution in [3.8, 4) is 55.9 Å². The van der Waals surface area contributed by atoms with Crippen LogP contribution in [-0.2, 0) is 16.2 Å². The van der Waals surface area contributed by atoms with Crippen molar-refractivity contribution < 1.29 is 30.2 Å². The minimum atomic E-state index is -1.62. The molecule has 95 heavy (non-hydrogen) atoms. The van der Waals surface area contributed by atoms with E-state index in [1.54, 1.807) is 0 Å². The maximum Gasteiger partial charge on any atom is 0.252 e. The van der Waals surface area contributed by atoms with Gasteiger partial charge in [0.15, 0.2) is 0 Å². The summed E-state index contributed by atoms with van der Waals surface area (Å²) < 4.78 is 221. The molecular weight excluding hydrogens is 1150 g/mol. The van der Waals surface area contributed by atoms with E-state index in [4.69, 9.17) is 5.48 Å². The zero-order chi connectivity index (χ0) is 83.8. The van der Waals surface area contributed by atoms with E-state index in [0.29, 0.717) is 78.3 Å². The molecule has 0 fully saturated rings. The van der Waals surface area contributed by atoms with E-state index in [-0.39, 0.29) is 54.7 Å². The van der Waals surface area contributed by atoms with Gasteiger partial charge < -0.3 is 18.9 Å². The predicted octanol–water partition coefficient (Wildman–Crippen LogP) is 22.5. The van der Waals surface area contributed by atoms with E-state index in [9.17, 15) is 24.7 Å². The first-order chi connectivity index (χ1) is 55.2. The van der Waals surface area contributed by atoms with Crippen LogP contribution in [0.1, 0.15) is 109 Å². The Morgan fingerprint density at radius 2 is 0.621 bits per heavy atom. The van der Waals surface area contributed by atoms with Crippen molar-refractivity contribution in [1.82, 2.24) is 9.13 Å². The maximum atomic E-state index is 11.6. The van der Waals surface area contributed by atoms with E-state index in [1.807, 2.05) is 188 Å². The number of hydrogen-bond donors (Lipinski definition) is 0. The summed E-state index contributed by atoms with van der Waals surface area (Å²) in [6.45, 7) is 17.1. The largest absolute Gasteiger partial charge is 0.310 e. The average molecular weight is 1250 g/mol. The van der Waals surface area contributed by atoms with Crippen molar-refractivity contribution in [3.05, 3.63) is 307 Å². The van der Waals surface area contributed by atoms with E-state index < -0.39 is 179 Å². The first-order valence-corrected chi connectivity index (χ1v) is 31.9. The van der Waals surface area contributed by atoms with Crippen molar-refractivity contribution >= 4 is 101 Å². The fourth-order valence-corrected chi connectivity index (χ4v) is 14.0. The van der Waals surface area contributed by atoms with Crippen LogP contribution in [0.5, 0.6) is 0 Å². The first kappa shape index (κ1) is 39.0. The lowest BCUT2D eigenvalue weighted by atomic mass is 9.33. The van der Waals surface area contributed by atoms with Crippen LogP contribution in [0, 0.1) is 0 Å². The summed E-state index contributed by atoms with van der Waals surface area (Å²) in [4.78, 5) is 3.74. The maximum absolute atomic E-state index is 11.6. The van der Waals surface area contributed by atoms with Crippen LogP contribution in [0.15, 0.2) is 291 Å². The SMILES string of the molecule is [2H]c1c([2H])c(-n2c3c([2H])c([2H])c([2H])c([2H])c3c3c([2H])c([2H])c([2H])c([2H])c32)c([2H])c2c1B1c3c(cc(C(C)(C)C)cc3N(c3c(-c4ccccc4)cccc3-c3ccc(C(C)(C)C)cc3)c3c([2H])c(-n4c5c([2H])c([2H])c([2H])c([2H])c5c5c([2H])c([2H])c([2H])c([2H])c54)c([2H])c([2H])c31)N2c1c(-c2ccccc2)cccc1-c1ccc(C(C)(C)C)cc1. The van der Waals surface area contributed by atoms with Crippen molar-refractivity contribution in [2.75, 3.05) is 9.80 Å². The number of anilines is 6. The lowest BCUT2D eigenvalue weighted by molar-refractivity contribution is 0.590. The van der Waals surface area contributed by atoms with E-state index in [0.717, 1.165) is 20.3 Å². The van der Waals surface area contributed by atoms with Crippen LogP contribution in [-0.4, -0.2) is 15.8 Å². The third kappa shape index (κ3) is 9.41. The number of hydrogen-bond acceptors (Lipinski definition) is 2. The summed E-state index contributed by atoms with van der Waals surface area (Å²) in [6.07, 6.45) is 0. The Morgan fingerprint density at radius 1 is 0.305 bits per heavy atom. The molecule has 17 rings (SSSR count). The zero-order valence-corrected chi connectivity index (χ0v) is 53.9. The lowest BCUT2D eigenvalue weighted by Gasteiger charge is -2.46. The van der Waals surface area contributed by atoms with Crippen molar-refractivity contribution in [2.45, 2.75) is 78.6 Å². The minimum Gasteiger partial charge on any atom is -0.310 e. The third-order valence-corrected chi connectivity index (χ3v) is 18.7. The Hall–Kier alpha value is -10.9. The third-order valence-electron chi connectivity index (χ3n) is 18.7. The van der Waals surface area contributed by atoms with Crippen molar-refractivity contribution in [1.29, 1.82) is 0 Å². The van der Waals surface area contributed by atoms with Crippen LogP contribution < -0.4 is 26.2 Å². The Labute approximate surface area is 589 Å². The Morgan fingerprint density at radius 3 is 0.947 bits per heavy atom. The van der Waals surface area contributed by atoms with Gasteiger partial charge in [-0.1, -0.05) is 293 Å². The Kier molecular flexibility index (Phi) is 8.97. The molecule has 4 nitrogen and oxygen atoms in total. The summed E-state index contributed by atoms with van der Waals surface area (Å²) in [7, 11) is 0. The number of benzene rings is 13. The van der Waals surface area contributed by atoms with Gasteiger partial charge in [-0.2, -0.15) is 0 Å². The van der Waals surface area contributed by atoms with Crippen LogP contribution >= 0.6 is 0 Å². The lowest BCUT2D eigenvalue weighted by Crippen LogP contribution is -2.61. The van der Waals surface area contributed by atoms with Crippen molar-refractivity contribution in [2.24, 2.45) is 0 Å². The van der Waals surface area contributed by atoms with Gasteiger partial charge in [0.05, 0.1) is 63.6 Å². The van der Waals surface area contributed by atoms with Gasteiger partial charge in [-0.15, -0.1) is 0 Å². The van der Waals surface area contributed by atoms with Gasteiger partial charge in [0.1, 0.15) is 0 Å². The number of aromatic nitrogens is 2. The van der Waals surface area contributed by atoms with Gasteiger partial charge in [0, 0.05) is 77.9 Å². The molecule has 0 saturated carbocycles. The molecule has 0 bridgehead atoms. The number of para-hydroxylation sites is 6. The quantitative estimate of drug-likeness (QED) is 0.141. The normalized spacial score (nSPS) is 16.3. The summed E-state index contributed by atoms with van der Waals surface area (Å²) in [5, 5.41) is -1.39. The van der Waals surface area contributed by atoms with Crippen LogP contribution in [0.4, 0.5) is 34.1 Å². The number of nitrogens with zero attached hydrogens (tertiary/aromatic N) is 4. The first-order valence-electron chi connectivity index (χ1n) is 42.9. The standard InChI is InChI=1S/C90H75BN4/c1-88(2,3)62-46-42-60(43-47-62)69-36-24-34-67(58-26-12-10-13-27-58)86(69)94-81-56-65(92-77-38-20-16-30-71(77)72-31-17-21-39-78(72)92)50-52-75(81)91-76-53-51-66(93-79-40-22-18-32-73(79)74-33-19-23-41-80(74)93)57-82(76)95(84-55-64(90(7,8)9)54-83(94)85(84)91)87-68(59-28-14-11-15-29-59)35-25-37-70(87)61-44-48-63(49-45-61)89(4,5)6/h10-57H,1-9H3/i16D,17D,18D,19D,20D,21D,22D,23D,30D,31D,32D,33D,38D,39D,40D,41D,50D,51D,52D,53D,56D,57D. The molecule has 5 heteroatoms. The predicted molar refractivity (Wildman–Crippen MR) is 407 cm³/mol. The molecule has 4 heterocycles. The Balaban J connectivity index is 1.15. The molecule has 13 aromatic carbocycles. The molecule has 458 valence electrons. The second kappa shape index (κ2) is 21.9. The van der Waals surface area contributed by atoms with E-state index in [2.05, 4.69) is 41.5 Å². The molecule has 2 aliphatic rings. The molecule has 2 aliphatic heterocycles. The van der Waals surface area contributed by atoms with Crippen LogP contribution in [0.2, 0.25) is 0 Å². The number of rotatable bonds is 8. The van der Waals surface area contributed by atoms with Gasteiger partial charge >= 0.3 is 0 Å². The molecule has 2 aromatic heterocycles. The van der Waals surface area contributed by atoms with Gasteiger partial charge in [-0.05, 0) is 132 Å². The van der Waals surface area contributed by atoms with Crippen molar-refractivity contribution in [3.63, 3.8) is 0 Å². The monoisotopic (exact) mass is 1240 g/mol. The smallest absolute Gasteiger partial charge is 0.252 e. The highest BCUT2D eigenvalue weighted by atomic mass is 15.2. The second-order valence-electron chi connectivity index (χ2n) is 27.6. The highest BCUT2D eigenvalue weighted by Gasteiger charge is 2.46. The molecule has 0 amide bonds. The van der Waals surface area contributed by atoms with Gasteiger partial charge in [0.25, 0.3) is 6.71 Å². The van der Waals surface area contributed by atoms with Gasteiger partial charge in [-0.25, -0.2) is 0 Å². The van der Waals surface area contributed by atoms with Gasteiger partial charge in [0.2, 0.25) is 0 Å². The van der Waals surface area contributed by atoms with Crippen LogP contribution in [0.3, 0.4) is 0 Å². The molecular formula is C90H75BN4. The molecule has 0 aliphatic carbocycles. The van der Waals surface area contributed by atoms with Crippen LogP contribution in [0.25, 0.3) is 99.5 Å². The zero-order valence-electron chi connectivity index (χ0n) is 75.9. The summed E-state index contributed by atoms with van der Waals surface area (Å²) in [5.74, 6) is 0. The highest BCUT2D eigenvalue weighted by Crippen LogP contribution is 2.54. The Bertz CT molecular complexity index is 6350. The minimum absolute atomic E-state index is 0.150. The fourth-order valence-electron chi connectivity index (χ4n) is 14.0. The molecule has 0 saturated heterocycles. The van der Waals surface area contributed by atoms with E-state index >= 15 is 0 Å². The molecule has 0 N–H and O–H groups in total. The molecule has 0 atom stereocenters. The summed E-state index contributed by atoms with van der Waals surface area (Å²) in [6, 6.07) is 35.1. The molecule has 15 aromatic rings. The number of fused-ring (bicyclic) bond motifs is 10. The molecule has 0 radical (unpaired) electrons. The summed E-state index contributed by atoms with van der Waals surface area (Å²) >= 11 is 0. The van der Waals surface area contributed by atoms with E-state index in [1.165, 1.54) is 0 Å². The van der Waals surface area contributed by atoms with Gasteiger partial charge in [-0.3, -0.25) is 0 Å². The molecule has 0 unspecified atom stereocenters. The topological polar surface area (TPSA) is 16.3 Å².